The van der Waals surface area contributed by atoms with Crippen LogP contribution in [0.3, 0.4) is 0 Å². The van der Waals surface area contributed by atoms with E-state index in [4.69, 9.17) is 10.5 Å². The van der Waals surface area contributed by atoms with Crippen LogP contribution in [0.15, 0.2) is 41.1 Å². The van der Waals surface area contributed by atoms with Gasteiger partial charge >= 0.3 is 0 Å². The Kier molecular flexibility index (Phi) is 3.25. The van der Waals surface area contributed by atoms with Crippen molar-refractivity contribution in [2.45, 2.75) is 6.42 Å². The summed E-state index contributed by atoms with van der Waals surface area (Å²) in [6.45, 7) is 0.709. The molecule has 0 aliphatic heterocycles. The van der Waals surface area contributed by atoms with Crippen molar-refractivity contribution in [1.29, 1.82) is 0 Å². The quantitative estimate of drug-likeness (QED) is 0.802. The Hall–Kier alpha value is -1.48. The average molecular weight is 219 g/mol. The van der Waals surface area contributed by atoms with Gasteiger partial charge in [-0.15, -0.1) is 0 Å². The van der Waals surface area contributed by atoms with Crippen LogP contribution in [0.4, 0.5) is 5.69 Å². The molecule has 1 aromatic carbocycles. The first-order valence-electron chi connectivity index (χ1n) is 4.84. The maximum absolute atomic E-state index is 5.58. The summed E-state index contributed by atoms with van der Waals surface area (Å²) in [5, 5.41) is 4.23. The van der Waals surface area contributed by atoms with Crippen LogP contribution in [0, 0.1) is 0 Å². The molecule has 15 heavy (non-hydrogen) atoms. The third-order valence-corrected chi connectivity index (χ3v) is 2.85. The summed E-state index contributed by atoms with van der Waals surface area (Å²) in [5.74, 6) is 0.874. The lowest BCUT2D eigenvalue weighted by molar-refractivity contribution is 0.322. The number of nitrogen functional groups attached to an aromatic ring is 1. The predicted molar refractivity (Wildman–Crippen MR) is 64.4 cm³/mol. The summed E-state index contributed by atoms with van der Waals surface area (Å²) in [4.78, 5) is 0. The molecule has 0 radical (unpaired) electrons. The number of benzene rings is 1. The van der Waals surface area contributed by atoms with Crippen LogP contribution in [0.2, 0.25) is 0 Å². The first-order chi connectivity index (χ1) is 7.34. The van der Waals surface area contributed by atoms with Gasteiger partial charge in [-0.05, 0) is 46.7 Å². The third kappa shape index (κ3) is 2.99. The minimum atomic E-state index is 0.709. The lowest BCUT2D eigenvalue weighted by Gasteiger charge is -2.05. The van der Waals surface area contributed by atoms with E-state index in [0.29, 0.717) is 6.61 Å². The smallest absolute Gasteiger partial charge is 0.119 e. The van der Waals surface area contributed by atoms with E-state index < -0.39 is 0 Å². The zero-order chi connectivity index (χ0) is 10.5. The van der Waals surface area contributed by atoms with Crippen LogP contribution in [-0.2, 0) is 6.42 Å². The molecule has 0 spiro atoms. The highest BCUT2D eigenvalue weighted by Gasteiger charge is 1.95. The highest BCUT2D eigenvalue weighted by molar-refractivity contribution is 7.07. The summed E-state index contributed by atoms with van der Waals surface area (Å²) in [6.07, 6.45) is 0.952. The van der Waals surface area contributed by atoms with Gasteiger partial charge in [-0.2, -0.15) is 11.3 Å². The zero-order valence-corrected chi connectivity index (χ0v) is 9.17. The summed E-state index contributed by atoms with van der Waals surface area (Å²) in [5.41, 5.74) is 7.67. The molecule has 0 atom stereocenters. The largest absolute Gasteiger partial charge is 0.493 e. The molecule has 2 nitrogen and oxygen atoms in total. The number of nitrogens with two attached hydrogens (primary N) is 1. The molecule has 0 unspecified atom stereocenters. The van der Waals surface area contributed by atoms with Crippen molar-refractivity contribution in [1.82, 2.24) is 0 Å². The average Bonchev–Trinajstić information content (AvgIpc) is 2.74. The number of anilines is 1. The molecule has 0 saturated heterocycles. The summed E-state index contributed by atoms with van der Waals surface area (Å²) < 4.78 is 5.58. The van der Waals surface area contributed by atoms with E-state index in [-0.39, 0.29) is 0 Å². The fourth-order valence-electron chi connectivity index (χ4n) is 1.29. The number of hydrogen-bond donors (Lipinski definition) is 1. The van der Waals surface area contributed by atoms with E-state index in [1.807, 2.05) is 24.3 Å². The summed E-state index contributed by atoms with van der Waals surface area (Å²) >= 11 is 1.72. The standard InChI is InChI=1S/C12H13NOS/c13-11-1-3-12(4-2-11)14-7-5-10-6-8-15-9-10/h1-4,6,8-9H,5,7,13H2. The molecule has 0 aliphatic carbocycles. The van der Waals surface area contributed by atoms with Crippen molar-refractivity contribution in [3.8, 4) is 5.75 Å². The second-order valence-corrected chi connectivity index (χ2v) is 4.08. The number of ether oxygens (including phenoxy) is 1. The zero-order valence-electron chi connectivity index (χ0n) is 8.35. The summed E-state index contributed by atoms with van der Waals surface area (Å²) in [6, 6.07) is 9.60. The van der Waals surface area contributed by atoms with Gasteiger partial charge in [0.05, 0.1) is 6.61 Å². The molecule has 2 N–H and O–H groups in total. The van der Waals surface area contributed by atoms with Crippen molar-refractivity contribution >= 4 is 17.0 Å². The van der Waals surface area contributed by atoms with E-state index in [1.54, 1.807) is 11.3 Å². The Bertz CT molecular complexity index is 394. The second kappa shape index (κ2) is 4.84. The van der Waals surface area contributed by atoms with Crippen LogP contribution < -0.4 is 10.5 Å². The minimum Gasteiger partial charge on any atom is -0.493 e. The SMILES string of the molecule is Nc1ccc(OCCc2ccsc2)cc1. The van der Waals surface area contributed by atoms with Crippen LogP contribution in [-0.4, -0.2) is 6.61 Å². The predicted octanol–water partition coefficient (Wildman–Crippen LogP) is 2.95. The van der Waals surface area contributed by atoms with Crippen molar-refractivity contribution in [3.63, 3.8) is 0 Å². The Morgan fingerprint density at radius 2 is 1.93 bits per heavy atom. The molecule has 3 heteroatoms. The van der Waals surface area contributed by atoms with Gasteiger partial charge in [0.25, 0.3) is 0 Å². The van der Waals surface area contributed by atoms with Gasteiger partial charge in [0, 0.05) is 12.1 Å². The number of hydrogen-bond acceptors (Lipinski definition) is 3. The molecule has 78 valence electrons. The van der Waals surface area contributed by atoms with Gasteiger partial charge in [0.15, 0.2) is 0 Å². The van der Waals surface area contributed by atoms with Crippen LogP contribution in [0.1, 0.15) is 5.56 Å². The van der Waals surface area contributed by atoms with Crippen LogP contribution in [0.5, 0.6) is 5.75 Å². The molecule has 0 bridgehead atoms. The van der Waals surface area contributed by atoms with E-state index >= 15 is 0 Å². The molecular weight excluding hydrogens is 206 g/mol. The maximum atomic E-state index is 5.58. The molecular formula is C12H13NOS. The molecule has 1 aromatic heterocycles. The van der Waals surface area contributed by atoms with Gasteiger partial charge in [-0.1, -0.05) is 0 Å². The molecule has 0 fully saturated rings. The van der Waals surface area contributed by atoms with Gasteiger partial charge in [-0.25, -0.2) is 0 Å². The molecule has 1 heterocycles. The first-order valence-corrected chi connectivity index (χ1v) is 5.78. The van der Waals surface area contributed by atoms with Gasteiger partial charge in [0.2, 0.25) is 0 Å². The highest BCUT2D eigenvalue weighted by atomic mass is 32.1. The summed E-state index contributed by atoms with van der Waals surface area (Å²) in [7, 11) is 0. The fourth-order valence-corrected chi connectivity index (χ4v) is 1.99. The van der Waals surface area contributed by atoms with E-state index in [9.17, 15) is 0 Å². The minimum absolute atomic E-state index is 0.709. The van der Waals surface area contributed by atoms with Gasteiger partial charge in [0.1, 0.15) is 5.75 Å². The monoisotopic (exact) mass is 219 g/mol. The molecule has 2 rings (SSSR count). The van der Waals surface area contributed by atoms with Crippen LogP contribution >= 0.6 is 11.3 Å². The molecule has 0 amide bonds. The van der Waals surface area contributed by atoms with Gasteiger partial charge in [-0.3, -0.25) is 0 Å². The Balaban J connectivity index is 1.81. The van der Waals surface area contributed by atoms with E-state index in [0.717, 1.165) is 17.9 Å². The topological polar surface area (TPSA) is 35.2 Å². The third-order valence-electron chi connectivity index (χ3n) is 2.12. The number of thiophene rings is 1. The second-order valence-electron chi connectivity index (χ2n) is 3.30. The van der Waals surface area contributed by atoms with Crippen molar-refractivity contribution in [3.05, 3.63) is 46.7 Å². The van der Waals surface area contributed by atoms with Crippen LogP contribution in [0.25, 0.3) is 0 Å². The van der Waals surface area contributed by atoms with Crippen molar-refractivity contribution in [2.24, 2.45) is 0 Å². The van der Waals surface area contributed by atoms with E-state index in [1.165, 1.54) is 5.56 Å². The first kappa shape index (κ1) is 10.1. The maximum Gasteiger partial charge on any atom is 0.119 e. The highest BCUT2D eigenvalue weighted by Crippen LogP contribution is 2.14. The molecule has 0 aliphatic rings. The van der Waals surface area contributed by atoms with E-state index in [2.05, 4.69) is 16.8 Å². The van der Waals surface area contributed by atoms with Gasteiger partial charge < -0.3 is 10.5 Å². The number of rotatable bonds is 4. The van der Waals surface area contributed by atoms with Crippen molar-refractivity contribution in [2.75, 3.05) is 12.3 Å². The Morgan fingerprint density at radius 3 is 2.60 bits per heavy atom. The normalized spacial score (nSPS) is 10.1. The lowest BCUT2D eigenvalue weighted by atomic mass is 10.2. The lowest BCUT2D eigenvalue weighted by Crippen LogP contribution is -2.00. The fraction of sp³-hybridized carbons (Fsp3) is 0.167. The molecule has 0 saturated carbocycles. The van der Waals surface area contributed by atoms with Crippen molar-refractivity contribution < 1.29 is 4.74 Å². The Morgan fingerprint density at radius 1 is 1.13 bits per heavy atom. The molecule has 2 aromatic rings. The Labute approximate surface area is 93.3 Å².